The molecular weight excluding hydrogens is 245 g/mol. The van der Waals surface area contributed by atoms with Gasteiger partial charge in [0, 0.05) is 6.07 Å². The van der Waals surface area contributed by atoms with Crippen LogP contribution in [-0.2, 0) is 5.88 Å². The highest BCUT2D eigenvalue weighted by atomic mass is 35.5. The minimum atomic E-state index is -0.424. The van der Waals surface area contributed by atoms with Crippen molar-refractivity contribution in [3.8, 4) is 11.4 Å². The Hall–Kier alpha value is -1.62. The largest absolute Gasteiger partial charge is 0.491 e. The summed E-state index contributed by atoms with van der Waals surface area (Å²) in [5, 5.41) is 7.68. The Kier molecular flexibility index (Phi) is 3.58. The zero-order chi connectivity index (χ0) is 12.3. The molecule has 1 aromatic heterocycles. The van der Waals surface area contributed by atoms with Crippen LogP contribution in [0.15, 0.2) is 24.4 Å². The van der Waals surface area contributed by atoms with Crippen LogP contribution >= 0.6 is 11.6 Å². The van der Waals surface area contributed by atoms with Gasteiger partial charge < -0.3 is 4.74 Å². The van der Waals surface area contributed by atoms with Gasteiger partial charge in [-0.25, -0.2) is 9.07 Å². The Morgan fingerprint density at radius 2 is 2.29 bits per heavy atom. The van der Waals surface area contributed by atoms with Crippen LogP contribution in [0.25, 0.3) is 5.69 Å². The highest BCUT2D eigenvalue weighted by Gasteiger charge is 2.07. The second kappa shape index (κ2) is 5.14. The number of alkyl halides is 1. The van der Waals surface area contributed by atoms with E-state index >= 15 is 0 Å². The Labute approximate surface area is 103 Å². The van der Waals surface area contributed by atoms with Crippen molar-refractivity contribution in [2.45, 2.75) is 12.8 Å². The highest BCUT2D eigenvalue weighted by molar-refractivity contribution is 6.16. The molecule has 0 unspecified atom stereocenters. The highest BCUT2D eigenvalue weighted by Crippen LogP contribution is 2.20. The number of aromatic nitrogens is 3. The molecule has 0 radical (unpaired) electrons. The van der Waals surface area contributed by atoms with Crippen molar-refractivity contribution in [3.63, 3.8) is 0 Å². The Balaban J connectivity index is 2.30. The van der Waals surface area contributed by atoms with Crippen molar-refractivity contribution in [3.05, 3.63) is 35.9 Å². The first-order valence-corrected chi connectivity index (χ1v) is 5.68. The zero-order valence-corrected chi connectivity index (χ0v) is 9.99. The molecule has 0 saturated carbocycles. The first-order valence-electron chi connectivity index (χ1n) is 5.14. The average Bonchev–Trinajstić information content (AvgIpc) is 2.80. The van der Waals surface area contributed by atoms with E-state index in [4.69, 9.17) is 16.3 Å². The predicted molar refractivity (Wildman–Crippen MR) is 62.0 cm³/mol. The summed E-state index contributed by atoms with van der Waals surface area (Å²) in [5.41, 5.74) is 1.22. The van der Waals surface area contributed by atoms with Gasteiger partial charge in [0.15, 0.2) is 11.6 Å². The molecule has 2 rings (SSSR count). The zero-order valence-electron chi connectivity index (χ0n) is 9.23. The van der Waals surface area contributed by atoms with Crippen LogP contribution in [0.3, 0.4) is 0 Å². The maximum Gasteiger partial charge on any atom is 0.167 e. The van der Waals surface area contributed by atoms with Crippen molar-refractivity contribution in [2.24, 2.45) is 0 Å². The third kappa shape index (κ3) is 2.55. The van der Waals surface area contributed by atoms with Crippen LogP contribution in [0.2, 0.25) is 0 Å². The molecule has 0 bridgehead atoms. The van der Waals surface area contributed by atoms with E-state index in [0.29, 0.717) is 18.0 Å². The molecule has 0 fully saturated rings. The minimum absolute atomic E-state index is 0.230. The SMILES string of the molecule is CCOc1ccc(-n2cc(CCl)nn2)cc1F. The van der Waals surface area contributed by atoms with Gasteiger partial charge >= 0.3 is 0 Å². The molecule has 0 aliphatic rings. The lowest BCUT2D eigenvalue weighted by Gasteiger charge is -2.06. The van der Waals surface area contributed by atoms with Crippen LogP contribution in [0.4, 0.5) is 4.39 Å². The number of hydrogen-bond acceptors (Lipinski definition) is 3. The van der Waals surface area contributed by atoms with E-state index in [1.54, 1.807) is 25.3 Å². The molecule has 0 saturated heterocycles. The number of nitrogens with zero attached hydrogens (tertiary/aromatic N) is 3. The maximum atomic E-state index is 13.6. The predicted octanol–water partition coefficient (Wildman–Crippen LogP) is 2.54. The molecule has 0 amide bonds. The second-order valence-corrected chi connectivity index (χ2v) is 3.60. The number of rotatable bonds is 4. The smallest absolute Gasteiger partial charge is 0.167 e. The van der Waals surface area contributed by atoms with E-state index in [-0.39, 0.29) is 11.6 Å². The summed E-state index contributed by atoms with van der Waals surface area (Å²) in [6.07, 6.45) is 1.65. The second-order valence-electron chi connectivity index (χ2n) is 3.34. The van der Waals surface area contributed by atoms with Crippen LogP contribution in [-0.4, -0.2) is 21.6 Å². The normalized spacial score (nSPS) is 10.5. The average molecular weight is 256 g/mol. The van der Waals surface area contributed by atoms with E-state index in [1.807, 2.05) is 0 Å². The fourth-order valence-corrected chi connectivity index (χ4v) is 1.51. The van der Waals surface area contributed by atoms with Crippen molar-refractivity contribution in [1.82, 2.24) is 15.0 Å². The fraction of sp³-hybridized carbons (Fsp3) is 0.273. The molecule has 0 atom stereocenters. The van der Waals surface area contributed by atoms with Crippen molar-refractivity contribution >= 4 is 11.6 Å². The van der Waals surface area contributed by atoms with Gasteiger partial charge in [0.1, 0.15) is 0 Å². The van der Waals surface area contributed by atoms with Gasteiger partial charge in [-0.3, -0.25) is 0 Å². The Morgan fingerprint density at radius 3 is 2.88 bits per heavy atom. The van der Waals surface area contributed by atoms with Gasteiger partial charge in [0.25, 0.3) is 0 Å². The van der Waals surface area contributed by atoms with Crippen molar-refractivity contribution in [2.75, 3.05) is 6.61 Å². The first kappa shape index (κ1) is 11.9. The van der Waals surface area contributed by atoms with E-state index in [0.717, 1.165) is 0 Å². The number of hydrogen-bond donors (Lipinski definition) is 0. The first-order chi connectivity index (χ1) is 8.24. The summed E-state index contributed by atoms with van der Waals surface area (Å²) in [6, 6.07) is 4.62. The molecule has 0 N–H and O–H groups in total. The quantitative estimate of drug-likeness (QED) is 0.789. The lowest BCUT2D eigenvalue weighted by molar-refractivity contribution is 0.321. The molecule has 0 aliphatic heterocycles. The van der Waals surface area contributed by atoms with Crippen LogP contribution in [0.1, 0.15) is 12.6 Å². The molecule has 17 heavy (non-hydrogen) atoms. The van der Waals surface area contributed by atoms with Crippen molar-refractivity contribution in [1.29, 1.82) is 0 Å². The van der Waals surface area contributed by atoms with Crippen LogP contribution in [0.5, 0.6) is 5.75 Å². The molecule has 0 aliphatic carbocycles. The van der Waals surface area contributed by atoms with Gasteiger partial charge in [-0.2, -0.15) is 0 Å². The fourth-order valence-electron chi connectivity index (χ4n) is 1.39. The molecule has 6 heteroatoms. The summed E-state index contributed by atoms with van der Waals surface area (Å²) < 4.78 is 20.2. The molecule has 0 spiro atoms. The topological polar surface area (TPSA) is 39.9 Å². The van der Waals surface area contributed by atoms with Crippen LogP contribution in [0, 0.1) is 5.82 Å². The van der Waals surface area contributed by atoms with E-state index in [1.165, 1.54) is 10.7 Å². The summed E-state index contributed by atoms with van der Waals surface area (Å²) in [5.74, 6) is 0.0840. The summed E-state index contributed by atoms with van der Waals surface area (Å²) >= 11 is 5.62. The molecule has 90 valence electrons. The standard InChI is InChI=1S/C11H11ClFN3O/c1-2-17-11-4-3-9(5-10(11)13)16-7-8(6-12)14-15-16/h3-5,7H,2,6H2,1H3. The minimum Gasteiger partial charge on any atom is -0.491 e. The Morgan fingerprint density at radius 1 is 1.47 bits per heavy atom. The monoisotopic (exact) mass is 255 g/mol. The van der Waals surface area contributed by atoms with Gasteiger partial charge in [0.2, 0.25) is 0 Å². The van der Waals surface area contributed by atoms with Gasteiger partial charge in [-0.1, -0.05) is 5.21 Å². The molecule has 2 aromatic rings. The van der Waals surface area contributed by atoms with E-state index in [2.05, 4.69) is 10.3 Å². The van der Waals surface area contributed by atoms with Crippen LogP contribution < -0.4 is 4.74 Å². The molecular formula is C11H11ClFN3O. The molecule has 1 heterocycles. The lowest BCUT2D eigenvalue weighted by atomic mass is 10.3. The molecule has 1 aromatic carbocycles. The van der Waals surface area contributed by atoms with E-state index < -0.39 is 5.82 Å². The third-order valence-electron chi connectivity index (χ3n) is 2.16. The number of ether oxygens (including phenoxy) is 1. The number of halogens is 2. The summed E-state index contributed by atoms with van der Waals surface area (Å²) in [4.78, 5) is 0. The van der Waals surface area contributed by atoms with Crippen molar-refractivity contribution < 1.29 is 9.13 Å². The summed E-state index contributed by atoms with van der Waals surface area (Å²) in [6.45, 7) is 2.23. The van der Waals surface area contributed by atoms with Gasteiger partial charge in [-0.15, -0.1) is 16.7 Å². The lowest BCUT2D eigenvalue weighted by Crippen LogP contribution is -1.99. The Bertz CT molecular complexity index is 515. The maximum absolute atomic E-state index is 13.6. The number of benzene rings is 1. The van der Waals surface area contributed by atoms with Gasteiger partial charge in [0.05, 0.1) is 30.1 Å². The van der Waals surface area contributed by atoms with E-state index in [9.17, 15) is 4.39 Å². The third-order valence-corrected chi connectivity index (χ3v) is 2.43. The van der Waals surface area contributed by atoms with Gasteiger partial charge in [-0.05, 0) is 19.1 Å². The molecule has 4 nitrogen and oxygen atoms in total. The summed E-state index contributed by atoms with van der Waals surface area (Å²) in [7, 11) is 0.